The van der Waals surface area contributed by atoms with Gasteiger partial charge in [0.05, 0.1) is 4.90 Å². The number of nitrogens with one attached hydrogen (secondary N) is 1. The van der Waals surface area contributed by atoms with E-state index in [0.29, 0.717) is 0 Å². The van der Waals surface area contributed by atoms with Crippen molar-refractivity contribution >= 4 is 38.1 Å². The van der Waals surface area contributed by atoms with Crippen molar-refractivity contribution in [3.63, 3.8) is 0 Å². The number of alkyl halides is 3. The van der Waals surface area contributed by atoms with Gasteiger partial charge in [-0.2, -0.15) is 13.2 Å². The number of sulfonamides is 1. The van der Waals surface area contributed by atoms with Gasteiger partial charge in [0.2, 0.25) is 10.1 Å². The van der Waals surface area contributed by atoms with Crippen LogP contribution in [0.5, 0.6) is 0 Å². The first kappa shape index (κ1) is 16.0. The Morgan fingerprint density at radius 3 is 2.52 bits per heavy atom. The SMILES string of the molecule is Cc1c(Cl)cccc1S(=O)(=O)Nc1nnc(C(F)(F)F)s1. The fourth-order valence-electron chi connectivity index (χ4n) is 1.43. The van der Waals surface area contributed by atoms with Crippen LogP contribution in [-0.4, -0.2) is 18.6 Å². The molecular weight excluding hydrogens is 351 g/mol. The number of aromatic nitrogens is 2. The Morgan fingerprint density at radius 1 is 1.29 bits per heavy atom. The second kappa shape index (κ2) is 5.43. The first-order valence-corrected chi connectivity index (χ1v) is 7.97. The van der Waals surface area contributed by atoms with Gasteiger partial charge in [0.1, 0.15) is 0 Å². The van der Waals surface area contributed by atoms with E-state index in [1.54, 1.807) is 0 Å². The first-order valence-electron chi connectivity index (χ1n) is 5.30. The van der Waals surface area contributed by atoms with E-state index in [0.717, 1.165) is 0 Å². The Hall–Kier alpha value is -1.39. The van der Waals surface area contributed by atoms with Gasteiger partial charge in [-0.3, -0.25) is 4.72 Å². The molecule has 114 valence electrons. The zero-order valence-electron chi connectivity index (χ0n) is 10.3. The molecule has 1 heterocycles. The smallest absolute Gasteiger partial charge is 0.253 e. The fraction of sp³-hybridized carbons (Fsp3) is 0.200. The minimum atomic E-state index is -4.67. The molecule has 2 rings (SSSR count). The summed E-state index contributed by atoms with van der Waals surface area (Å²) in [6.45, 7) is 1.48. The van der Waals surface area contributed by atoms with Crippen LogP contribution in [0.15, 0.2) is 23.1 Å². The number of hydrogen-bond acceptors (Lipinski definition) is 5. The van der Waals surface area contributed by atoms with Crippen molar-refractivity contribution in [3.8, 4) is 0 Å². The summed E-state index contributed by atoms with van der Waals surface area (Å²) in [5.41, 5.74) is 0.284. The highest BCUT2D eigenvalue weighted by molar-refractivity contribution is 7.93. The molecule has 1 aromatic heterocycles. The summed E-state index contributed by atoms with van der Waals surface area (Å²) in [7, 11) is -4.09. The Morgan fingerprint density at radius 2 is 1.95 bits per heavy atom. The molecule has 0 saturated heterocycles. The van der Waals surface area contributed by atoms with E-state index in [4.69, 9.17) is 11.6 Å². The maximum absolute atomic E-state index is 12.4. The van der Waals surface area contributed by atoms with Crippen molar-refractivity contribution in [3.05, 3.63) is 33.8 Å². The number of nitrogens with zero attached hydrogens (tertiary/aromatic N) is 2. The second-order valence-corrected chi connectivity index (χ2v) is 6.91. The predicted octanol–water partition coefficient (Wildman–Crippen LogP) is 3.32. The Kier molecular flexibility index (Phi) is 4.13. The predicted molar refractivity (Wildman–Crippen MR) is 71.9 cm³/mol. The van der Waals surface area contributed by atoms with Gasteiger partial charge in [-0.25, -0.2) is 8.42 Å². The van der Waals surface area contributed by atoms with Crippen LogP contribution in [0.1, 0.15) is 10.6 Å². The Balaban J connectivity index is 2.34. The van der Waals surface area contributed by atoms with E-state index in [1.807, 2.05) is 4.72 Å². The Bertz CT molecular complexity index is 774. The summed E-state index contributed by atoms with van der Waals surface area (Å²) in [5.74, 6) is 0. The largest absolute Gasteiger partial charge is 0.445 e. The van der Waals surface area contributed by atoms with Gasteiger partial charge in [-0.05, 0) is 24.6 Å². The fourth-order valence-corrected chi connectivity index (χ4v) is 3.77. The maximum atomic E-state index is 12.4. The number of rotatable bonds is 3. The first-order chi connectivity index (χ1) is 9.61. The molecule has 0 aliphatic heterocycles. The summed E-state index contributed by atoms with van der Waals surface area (Å²) in [6.07, 6.45) is -4.67. The minimum Gasteiger partial charge on any atom is -0.253 e. The lowest BCUT2D eigenvalue weighted by Crippen LogP contribution is -2.14. The summed E-state index contributed by atoms with van der Waals surface area (Å²) < 4.78 is 63.4. The van der Waals surface area contributed by atoms with Gasteiger partial charge in [0, 0.05) is 5.02 Å². The average Bonchev–Trinajstić information content (AvgIpc) is 2.80. The van der Waals surface area contributed by atoms with Gasteiger partial charge >= 0.3 is 6.18 Å². The van der Waals surface area contributed by atoms with Crippen LogP contribution >= 0.6 is 22.9 Å². The molecule has 21 heavy (non-hydrogen) atoms. The van der Waals surface area contributed by atoms with E-state index in [9.17, 15) is 21.6 Å². The lowest BCUT2D eigenvalue weighted by molar-refractivity contribution is -0.138. The van der Waals surface area contributed by atoms with Crippen molar-refractivity contribution in [2.24, 2.45) is 0 Å². The minimum absolute atomic E-state index is 0.101. The third kappa shape index (κ3) is 3.44. The third-order valence-electron chi connectivity index (χ3n) is 2.40. The molecule has 0 aliphatic rings. The molecule has 0 amide bonds. The highest BCUT2D eigenvalue weighted by Crippen LogP contribution is 2.34. The average molecular weight is 358 g/mol. The molecule has 0 saturated carbocycles. The summed E-state index contributed by atoms with van der Waals surface area (Å²) in [4.78, 5) is -0.140. The normalized spacial score (nSPS) is 12.4. The molecule has 0 unspecified atom stereocenters. The molecule has 0 radical (unpaired) electrons. The molecule has 5 nitrogen and oxygen atoms in total. The van der Waals surface area contributed by atoms with Crippen molar-refractivity contribution in [2.45, 2.75) is 18.0 Å². The van der Waals surface area contributed by atoms with Gasteiger partial charge in [0.15, 0.2) is 0 Å². The molecule has 1 aromatic carbocycles. The molecule has 1 N–H and O–H groups in total. The van der Waals surface area contributed by atoms with E-state index in [2.05, 4.69) is 10.2 Å². The molecule has 2 aromatic rings. The lowest BCUT2D eigenvalue weighted by atomic mass is 10.2. The highest BCUT2D eigenvalue weighted by atomic mass is 35.5. The molecule has 11 heteroatoms. The molecule has 0 atom stereocenters. The topological polar surface area (TPSA) is 72.0 Å². The van der Waals surface area contributed by atoms with Crippen molar-refractivity contribution < 1.29 is 21.6 Å². The lowest BCUT2D eigenvalue weighted by Gasteiger charge is -2.08. The van der Waals surface area contributed by atoms with Gasteiger partial charge in [-0.1, -0.05) is 29.0 Å². The standard InChI is InChI=1S/C10H7ClF3N3O2S2/c1-5-6(11)3-2-4-7(5)21(18,19)17-9-16-15-8(20-9)10(12,13)14/h2-4H,1H3,(H,16,17). The molecule has 0 fully saturated rings. The van der Waals surface area contributed by atoms with Gasteiger partial charge in [0.25, 0.3) is 10.0 Å². The van der Waals surface area contributed by atoms with Crippen LogP contribution < -0.4 is 4.72 Å². The number of halogens is 4. The van der Waals surface area contributed by atoms with Crippen molar-refractivity contribution in [2.75, 3.05) is 4.72 Å². The molecule has 0 bridgehead atoms. The monoisotopic (exact) mass is 357 g/mol. The zero-order chi connectivity index (χ0) is 15.8. The van der Waals surface area contributed by atoms with E-state index >= 15 is 0 Å². The van der Waals surface area contributed by atoms with Crippen LogP contribution in [0, 0.1) is 6.92 Å². The molecule has 0 spiro atoms. The van der Waals surface area contributed by atoms with Crippen molar-refractivity contribution in [1.29, 1.82) is 0 Å². The van der Waals surface area contributed by atoms with Crippen LogP contribution in [-0.2, 0) is 16.2 Å². The maximum Gasteiger partial charge on any atom is 0.445 e. The third-order valence-corrected chi connectivity index (χ3v) is 5.30. The number of anilines is 1. The highest BCUT2D eigenvalue weighted by Gasteiger charge is 2.36. The number of benzene rings is 1. The van der Waals surface area contributed by atoms with Crippen LogP contribution in [0.4, 0.5) is 18.3 Å². The molecule has 0 aliphatic carbocycles. The van der Waals surface area contributed by atoms with Crippen molar-refractivity contribution in [1.82, 2.24) is 10.2 Å². The summed E-state index contributed by atoms with van der Waals surface area (Å²) >= 11 is 5.92. The van der Waals surface area contributed by atoms with E-state index in [-0.39, 0.29) is 26.8 Å². The van der Waals surface area contributed by atoms with Crippen LogP contribution in [0.3, 0.4) is 0 Å². The van der Waals surface area contributed by atoms with Crippen LogP contribution in [0.2, 0.25) is 5.02 Å². The van der Waals surface area contributed by atoms with Gasteiger partial charge < -0.3 is 0 Å². The summed E-state index contributed by atoms with van der Waals surface area (Å²) in [6, 6.07) is 4.21. The zero-order valence-corrected chi connectivity index (χ0v) is 12.7. The van der Waals surface area contributed by atoms with Gasteiger partial charge in [-0.15, -0.1) is 10.2 Å². The van der Waals surface area contributed by atoms with E-state index < -0.39 is 26.3 Å². The Labute approximate surface area is 126 Å². The quantitative estimate of drug-likeness (QED) is 0.914. The summed E-state index contributed by atoms with van der Waals surface area (Å²) in [5, 5.41) is 4.59. The van der Waals surface area contributed by atoms with Crippen LogP contribution in [0.25, 0.3) is 0 Å². The molecular formula is C10H7ClF3N3O2S2. The van der Waals surface area contributed by atoms with E-state index in [1.165, 1.54) is 25.1 Å². The second-order valence-electron chi connectivity index (χ2n) is 3.88. The number of hydrogen-bond donors (Lipinski definition) is 1.